The molecule has 1 N–H and O–H groups in total. The number of hydrogen-bond donors (Lipinski definition) is 1. The molecule has 4 heteroatoms. The van der Waals surface area contributed by atoms with E-state index in [1.165, 1.54) is 11.1 Å². The molecule has 26 heavy (non-hydrogen) atoms. The van der Waals surface area contributed by atoms with Gasteiger partial charge in [-0.3, -0.25) is 4.90 Å². The molecular weight excluding hydrogens is 324 g/mol. The van der Waals surface area contributed by atoms with Crippen molar-refractivity contribution in [2.24, 2.45) is 0 Å². The lowest BCUT2D eigenvalue weighted by Crippen LogP contribution is -2.40. The van der Waals surface area contributed by atoms with Crippen LogP contribution in [0.25, 0.3) is 10.9 Å². The highest BCUT2D eigenvalue weighted by atomic mass is 16.5. The van der Waals surface area contributed by atoms with Crippen molar-refractivity contribution in [1.29, 1.82) is 0 Å². The summed E-state index contributed by atoms with van der Waals surface area (Å²) in [7, 11) is 1.68. The van der Waals surface area contributed by atoms with Crippen molar-refractivity contribution in [1.82, 2.24) is 9.47 Å². The Morgan fingerprint density at radius 3 is 2.85 bits per heavy atom. The van der Waals surface area contributed by atoms with E-state index in [2.05, 4.69) is 52.8 Å². The largest absolute Gasteiger partial charge is 0.497 e. The topological polar surface area (TPSA) is 37.6 Å². The smallest absolute Gasteiger partial charge is 0.119 e. The van der Waals surface area contributed by atoms with Crippen LogP contribution < -0.4 is 4.74 Å². The summed E-state index contributed by atoms with van der Waals surface area (Å²) in [5.74, 6) is 0.858. The van der Waals surface area contributed by atoms with Crippen LogP contribution in [0.2, 0.25) is 0 Å². The molecule has 0 fully saturated rings. The van der Waals surface area contributed by atoms with Crippen LogP contribution in [0.5, 0.6) is 5.75 Å². The summed E-state index contributed by atoms with van der Waals surface area (Å²) >= 11 is 0. The van der Waals surface area contributed by atoms with E-state index in [4.69, 9.17) is 4.74 Å². The second-order valence-corrected chi connectivity index (χ2v) is 7.17. The monoisotopic (exact) mass is 350 g/mol. The molecule has 0 saturated heterocycles. The van der Waals surface area contributed by atoms with Crippen molar-refractivity contribution < 1.29 is 9.84 Å². The first-order chi connectivity index (χ1) is 12.7. The lowest BCUT2D eigenvalue weighted by molar-refractivity contribution is 0.0760. The van der Waals surface area contributed by atoms with Gasteiger partial charge in [0.25, 0.3) is 0 Å². The number of benzene rings is 2. The van der Waals surface area contributed by atoms with Crippen molar-refractivity contribution in [3.63, 3.8) is 0 Å². The SMILES string of the molecule is COc1ccc2c(ccn2C[C@H](O)CN2CCc3ccccc3C2C)c1. The number of ether oxygens (including phenoxy) is 1. The molecular formula is C22H26N2O2. The molecule has 2 aromatic carbocycles. The maximum atomic E-state index is 10.7. The molecule has 2 atom stereocenters. The average molecular weight is 350 g/mol. The number of aromatic nitrogens is 1. The van der Waals surface area contributed by atoms with Gasteiger partial charge in [0.2, 0.25) is 0 Å². The molecule has 0 aliphatic carbocycles. The van der Waals surface area contributed by atoms with Crippen LogP contribution >= 0.6 is 0 Å². The second kappa shape index (κ2) is 7.14. The van der Waals surface area contributed by atoms with E-state index in [1.54, 1.807) is 7.11 Å². The predicted octanol–water partition coefficient (Wildman–Crippen LogP) is 3.63. The van der Waals surface area contributed by atoms with Gasteiger partial charge in [0, 0.05) is 42.8 Å². The number of hydrogen-bond acceptors (Lipinski definition) is 3. The van der Waals surface area contributed by atoms with E-state index in [0.29, 0.717) is 19.1 Å². The van der Waals surface area contributed by atoms with Crippen LogP contribution in [0.4, 0.5) is 0 Å². The number of fused-ring (bicyclic) bond motifs is 2. The van der Waals surface area contributed by atoms with Crippen LogP contribution in [0.3, 0.4) is 0 Å². The first kappa shape index (κ1) is 17.1. The molecule has 0 saturated carbocycles. The van der Waals surface area contributed by atoms with Gasteiger partial charge in [-0.1, -0.05) is 24.3 Å². The summed E-state index contributed by atoms with van der Waals surface area (Å²) in [4.78, 5) is 2.39. The molecule has 3 aromatic rings. The van der Waals surface area contributed by atoms with Gasteiger partial charge < -0.3 is 14.4 Å². The zero-order chi connectivity index (χ0) is 18.1. The average Bonchev–Trinajstić information content (AvgIpc) is 3.06. The van der Waals surface area contributed by atoms with Gasteiger partial charge in [0.1, 0.15) is 5.75 Å². The Balaban J connectivity index is 1.45. The summed E-state index contributed by atoms with van der Waals surface area (Å²) in [6.45, 7) is 4.52. The third kappa shape index (κ3) is 3.22. The van der Waals surface area contributed by atoms with Gasteiger partial charge in [-0.15, -0.1) is 0 Å². The minimum absolute atomic E-state index is 0.347. The first-order valence-corrected chi connectivity index (χ1v) is 9.28. The molecule has 1 unspecified atom stereocenters. The van der Waals surface area contributed by atoms with Crippen LogP contribution in [0.15, 0.2) is 54.7 Å². The summed E-state index contributed by atoms with van der Waals surface area (Å²) in [6.07, 6.45) is 2.70. The van der Waals surface area contributed by atoms with Gasteiger partial charge >= 0.3 is 0 Å². The predicted molar refractivity (Wildman–Crippen MR) is 105 cm³/mol. The fourth-order valence-electron chi connectivity index (χ4n) is 4.09. The van der Waals surface area contributed by atoms with Crippen molar-refractivity contribution in [2.45, 2.75) is 32.0 Å². The Morgan fingerprint density at radius 1 is 1.15 bits per heavy atom. The molecule has 136 valence electrons. The number of β-amino-alcohol motifs (C(OH)–C–C–N with tert-alkyl or cyclic N) is 1. The Labute approximate surface area is 154 Å². The lowest BCUT2D eigenvalue weighted by atomic mass is 9.93. The number of methoxy groups -OCH3 is 1. The highest BCUT2D eigenvalue weighted by Crippen LogP contribution is 2.29. The van der Waals surface area contributed by atoms with Gasteiger partial charge in [0.05, 0.1) is 13.2 Å². The Bertz CT molecular complexity index is 902. The molecule has 0 radical (unpaired) electrons. The highest BCUT2D eigenvalue weighted by molar-refractivity contribution is 5.81. The summed E-state index contributed by atoms with van der Waals surface area (Å²) in [6, 6.07) is 17.1. The van der Waals surface area contributed by atoms with E-state index in [-0.39, 0.29) is 0 Å². The molecule has 1 aliphatic heterocycles. The van der Waals surface area contributed by atoms with Crippen molar-refractivity contribution >= 4 is 10.9 Å². The fraction of sp³-hybridized carbons (Fsp3) is 0.364. The maximum Gasteiger partial charge on any atom is 0.119 e. The molecule has 2 heterocycles. The maximum absolute atomic E-state index is 10.7. The van der Waals surface area contributed by atoms with E-state index in [1.807, 2.05) is 18.3 Å². The zero-order valence-corrected chi connectivity index (χ0v) is 15.4. The van der Waals surface area contributed by atoms with Gasteiger partial charge in [-0.2, -0.15) is 0 Å². The minimum Gasteiger partial charge on any atom is -0.497 e. The normalized spacial score (nSPS) is 18.7. The molecule has 0 amide bonds. The minimum atomic E-state index is -0.402. The van der Waals surface area contributed by atoms with Gasteiger partial charge in [-0.05, 0) is 48.7 Å². The van der Waals surface area contributed by atoms with Crippen LogP contribution in [0.1, 0.15) is 24.1 Å². The summed E-state index contributed by atoms with van der Waals surface area (Å²) < 4.78 is 7.42. The zero-order valence-electron chi connectivity index (χ0n) is 15.4. The van der Waals surface area contributed by atoms with E-state index >= 15 is 0 Å². The van der Waals surface area contributed by atoms with Crippen LogP contribution in [0, 0.1) is 0 Å². The van der Waals surface area contributed by atoms with E-state index in [9.17, 15) is 5.11 Å². The van der Waals surface area contributed by atoms with Crippen molar-refractivity contribution in [3.05, 3.63) is 65.9 Å². The number of aliphatic hydroxyl groups excluding tert-OH is 1. The molecule has 0 bridgehead atoms. The fourth-order valence-corrected chi connectivity index (χ4v) is 4.09. The number of rotatable bonds is 5. The highest BCUT2D eigenvalue weighted by Gasteiger charge is 2.25. The van der Waals surface area contributed by atoms with E-state index in [0.717, 1.165) is 29.6 Å². The first-order valence-electron chi connectivity index (χ1n) is 9.28. The van der Waals surface area contributed by atoms with Crippen molar-refractivity contribution in [3.8, 4) is 5.75 Å². The molecule has 0 spiro atoms. The third-order valence-electron chi connectivity index (χ3n) is 5.55. The second-order valence-electron chi connectivity index (χ2n) is 7.17. The third-order valence-corrected chi connectivity index (χ3v) is 5.55. The van der Waals surface area contributed by atoms with E-state index < -0.39 is 6.10 Å². The molecule has 1 aromatic heterocycles. The van der Waals surface area contributed by atoms with Gasteiger partial charge in [-0.25, -0.2) is 0 Å². The summed E-state index contributed by atoms with van der Waals surface area (Å²) in [5, 5.41) is 11.8. The number of nitrogens with zero attached hydrogens (tertiary/aromatic N) is 2. The quantitative estimate of drug-likeness (QED) is 0.763. The van der Waals surface area contributed by atoms with Crippen LogP contribution in [-0.4, -0.2) is 40.9 Å². The molecule has 1 aliphatic rings. The summed E-state index contributed by atoms with van der Waals surface area (Å²) in [5.41, 5.74) is 3.96. The lowest BCUT2D eigenvalue weighted by Gasteiger charge is -2.36. The Hall–Kier alpha value is -2.30. The van der Waals surface area contributed by atoms with Crippen molar-refractivity contribution in [2.75, 3.05) is 20.2 Å². The molecule has 4 rings (SSSR count). The number of aliphatic hydroxyl groups is 1. The molecule has 4 nitrogen and oxygen atoms in total. The Kier molecular flexibility index (Phi) is 4.70. The van der Waals surface area contributed by atoms with Crippen LogP contribution in [-0.2, 0) is 13.0 Å². The Morgan fingerprint density at radius 2 is 2.00 bits per heavy atom. The standard InChI is InChI=1S/C22H26N2O2/c1-16-21-6-4-3-5-17(21)9-11-23(16)14-19(25)15-24-12-10-18-13-20(26-2)7-8-22(18)24/h3-8,10,12-13,16,19,25H,9,11,14-15H2,1-2H3/t16?,19-/m1/s1. The van der Waals surface area contributed by atoms with Gasteiger partial charge in [0.15, 0.2) is 0 Å².